The smallest absolute Gasteiger partial charge is 0.253 e. The molecule has 146 valence electrons. The van der Waals surface area contributed by atoms with Crippen LogP contribution in [0.2, 0.25) is 5.02 Å². The number of hydrazone groups is 1. The van der Waals surface area contributed by atoms with Gasteiger partial charge in [0.2, 0.25) is 0 Å². The van der Waals surface area contributed by atoms with Crippen molar-refractivity contribution in [3.05, 3.63) is 70.2 Å². The molecule has 0 saturated carbocycles. The first-order chi connectivity index (χ1) is 13.5. The van der Waals surface area contributed by atoms with Gasteiger partial charge in [0, 0.05) is 43.3 Å². The monoisotopic (exact) mass is 415 g/mol. The van der Waals surface area contributed by atoms with Crippen molar-refractivity contribution in [3.8, 4) is 0 Å². The maximum atomic E-state index is 12.7. The Morgan fingerprint density at radius 1 is 1.14 bits per heavy atom. The average molecular weight is 416 g/mol. The lowest BCUT2D eigenvalue weighted by Gasteiger charge is -2.35. The van der Waals surface area contributed by atoms with Crippen molar-refractivity contribution in [1.29, 1.82) is 0 Å². The molecule has 3 rings (SSSR count). The number of rotatable bonds is 5. The van der Waals surface area contributed by atoms with Crippen LogP contribution in [0.15, 0.2) is 53.6 Å². The second-order valence-corrected chi connectivity index (χ2v) is 7.36. The van der Waals surface area contributed by atoms with Crippen LogP contribution in [0.25, 0.3) is 0 Å². The molecule has 0 aliphatic carbocycles. The van der Waals surface area contributed by atoms with Crippen LogP contribution in [-0.2, 0) is 6.54 Å². The molecule has 3 N–H and O–H groups in total. The average Bonchev–Trinajstić information content (AvgIpc) is 2.70. The van der Waals surface area contributed by atoms with E-state index in [0.717, 1.165) is 35.8 Å². The molecule has 1 fully saturated rings. The van der Waals surface area contributed by atoms with Crippen molar-refractivity contribution in [2.24, 2.45) is 10.8 Å². The van der Waals surface area contributed by atoms with Gasteiger partial charge in [0.05, 0.1) is 6.21 Å². The van der Waals surface area contributed by atoms with Crippen molar-refractivity contribution in [1.82, 2.24) is 15.2 Å². The van der Waals surface area contributed by atoms with Crippen molar-refractivity contribution in [2.75, 3.05) is 26.2 Å². The van der Waals surface area contributed by atoms with Crippen LogP contribution >= 0.6 is 23.8 Å². The number of nitrogens with one attached hydrogen (secondary N) is 1. The molecule has 1 aliphatic heterocycles. The summed E-state index contributed by atoms with van der Waals surface area (Å²) in [7, 11) is 0. The van der Waals surface area contributed by atoms with Gasteiger partial charge >= 0.3 is 0 Å². The molecule has 0 bridgehead atoms. The molecule has 2 aromatic carbocycles. The first-order valence-corrected chi connectivity index (χ1v) is 9.75. The van der Waals surface area contributed by atoms with E-state index < -0.39 is 0 Å². The molecule has 8 heteroatoms. The van der Waals surface area contributed by atoms with Crippen LogP contribution in [0.3, 0.4) is 0 Å². The van der Waals surface area contributed by atoms with Gasteiger partial charge in [-0.1, -0.05) is 41.9 Å². The molecule has 28 heavy (non-hydrogen) atoms. The number of hydrogen-bond acceptors (Lipinski definition) is 4. The number of carbonyl (C=O) groups is 1. The third-order valence-electron chi connectivity index (χ3n) is 4.56. The largest absolute Gasteiger partial charge is 0.375 e. The Labute approximate surface area is 175 Å². The molecule has 0 spiro atoms. The highest BCUT2D eigenvalue weighted by atomic mass is 35.5. The fourth-order valence-corrected chi connectivity index (χ4v) is 3.29. The summed E-state index contributed by atoms with van der Waals surface area (Å²) in [5.41, 5.74) is 10.4. The van der Waals surface area contributed by atoms with Crippen LogP contribution in [0.1, 0.15) is 21.5 Å². The van der Waals surface area contributed by atoms with E-state index in [-0.39, 0.29) is 11.0 Å². The number of benzene rings is 2. The van der Waals surface area contributed by atoms with Crippen LogP contribution in [0.5, 0.6) is 0 Å². The fraction of sp³-hybridized carbons (Fsp3) is 0.250. The van der Waals surface area contributed by atoms with Gasteiger partial charge < -0.3 is 10.6 Å². The Morgan fingerprint density at radius 3 is 2.46 bits per heavy atom. The van der Waals surface area contributed by atoms with E-state index in [4.69, 9.17) is 17.3 Å². The van der Waals surface area contributed by atoms with Crippen LogP contribution in [0.4, 0.5) is 0 Å². The Morgan fingerprint density at radius 2 is 1.82 bits per heavy atom. The molecule has 0 unspecified atom stereocenters. The van der Waals surface area contributed by atoms with E-state index in [0.29, 0.717) is 18.7 Å². The molecule has 2 aromatic rings. The number of thiocarbonyl (C=S) groups is 1. The van der Waals surface area contributed by atoms with Gasteiger partial charge in [-0.2, -0.15) is 5.10 Å². The summed E-state index contributed by atoms with van der Waals surface area (Å²) in [4.78, 5) is 16.9. The Hall–Kier alpha value is -2.48. The SMILES string of the molecule is NC(=S)NN=Cc1ccc(C(=O)N2CCN(Cc3ccccc3Cl)CC2)cc1. The first-order valence-electron chi connectivity index (χ1n) is 8.96. The summed E-state index contributed by atoms with van der Waals surface area (Å²) < 4.78 is 0. The molecule has 6 nitrogen and oxygen atoms in total. The number of halogens is 1. The molecular formula is C20H22ClN5OS. The zero-order chi connectivity index (χ0) is 19.9. The van der Waals surface area contributed by atoms with Crippen LogP contribution < -0.4 is 11.2 Å². The van der Waals surface area contributed by atoms with Gasteiger partial charge in [-0.05, 0) is 41.5 Å². The minimum absolute atomic E-state index is 0.0437. The molecule has 0 radical (unpaired) electrons. The van der Waals surface area contributed by atoms with Gasteiger partial charge in [-0.25, -0.2) is 0 Å². The molecule has 1 saturated heterocycles. The first kappa shape index (κ1) is 20.3. The maximum Gasteiger partial charge on any atom is 0.253 e. The highest BCUT2D eigenvalue weighted by Crippen LogP contribution is 2.18. The number of piperazine rings is 1. The second kappa shape index (κ2) is 9.64. The van der Waals surface area contributed by atoms with Crippen molar-refractivity contribution < 1.29 is 4.79 Å². The second-order valence-electron chi connectivity index (χ2n) is 6.52. The topological polar surface area (TPSA) is 74.0 Å². The summed E-state index contributed by atoms with van der Waals surface area (Å²) in [6.07, 6.45) is 1.60. The Bertz CT molecular complexity index is 863. The molecular weight excluding hydrogens is 394 g/mol. The van der Waals surface area contributed by atoms with Crippen molar-refractivity contribution in [3.63, 3.8) is 0 Å². The van der Waals surface area contributed by atoms with Gasteiger partial charge in [0.1, 0.15) is 0 Å². The van der Waals surface area contributed by atoms with Crippen LogP contribution in [0, 0.1) is 0 Å². The van der Waals surface area contributed by atoms with Crippen molar-refractivity contribution in [2.45, 2.75) is 6.54 Å². The third kappa shape index (κ3) is 5.51. The van der Waals surface area contributed by atoms with E-state index in [1.54, 1.807) is 18.3 Å². The van der Waals surface area contributed by atoms with E-state index in [1.165, 1.54) is 0 Å². The lowest BCUT2D eigenvalue weighted by atomic mass is 10.1. The van der Waals surface area contributed by atoms with E-state index in [9.17, 15) is 4.79 Å². The van der Waals surface area contributed by atoms with Crippen LogP contribution in [-0.4, -0.2) is 53.2 Å². The zero-order valence-corrected chi connectivity index (χ0v) is 16.9. The minimum atomic E-state index is 0.0437. The highest BCUT2D eigenvalue weighted by Gasteiger charge is 2.22. The van der Waals surface area contributed by atoms with Crippen molar-refractivity contribution >= 4 is 41.1 Å². The number of carbonyl (C=O) groups excluding carboxylic acids is 1. The van der Waals surface area contributed by atoms with Gasteiger partial charge in [0.15, 0.2) is 5.11 Å². The summed E-state index contributed by atoms with van der Waals surface area (Å²) >= 11 is 10.9. The molecule has 0 atom stereocenters. The predicted octanol–water partition coefficient (Wildman–Crippen LogP) is 2.47. The van der Waals surface area contributed by atoms with E-state index in [2.05, 4.69) is 27.6 Å². The van der Waals surface area contributed by atoms with E-state index >= 15 is 0 Å². The van der Waals surface area contributed by atoms with E-state index in [1.807, 2.05) is 41.3 Å². The minimum Gasteiger partial charge on any atom is -0.375 e. The lowest BCUT2D eigenvalue weighted by Crippen LogP contribution is -2.48. The molecule has 1 amide bonds. The zero-order valence-electron chi connectivity index (χ0n) is 15.3. The standard InChI is InChI=1S/C20H22ClN5OS/c21-18-4-2-1-3-17(18)14-25-9-11-26(12-10-25)19(27)16-7-5-15(6-8-16)13-23-24-20(22)28/h1-8,13H,9-12,14H2,(H3,22,24,28). The maximum absolute atomic E-state index is 12.7. The van der Waals surface area contributed by atoms with Gasteiger partial charge in [-0.15, -0.1) is 0 Å². The summed E-state index contributed by atoms with van der Waals surface area (Å²) in [5, 5.41) is 4.80. The number of nitrogens with two attached hydrogens (primary N) is 1. The Kier molecular flexibility index (Phi) is 6.97. The number of amides is 1. The summed E-state index contributed by atoms with van der Waals surface area (Å²) in [6.45, 7) is 3.85. The normalized spacial score (nSPS) is 15.0. The number of nitrogens with zero attached hydrogens (tertiary/aromatic N) is 3. The summed E-state index contributed by atoms with van der Waals surface area (Å²) in [5.74, 6) is 0.0437. The third-order valence-corrected chi connectivity index (χ3v) is 5.02. The highest BCUT2D eigenvalue weighted by molar-refractivity contribution is 7.80. The molecule has 1 aliphatic rings. The lowest BCUT2D eigenvalue weighted by molar-refractivity contribution is 0.0628. The molecule has 1 heterocycles. The van der Waals surface area contributed by atoms with Gasteiger partial charge in [0.25, 0.3) is 5.91 Å². The number of hydrogen-bond donors (Lipinski definition) is 2. The molecule has 0 aromatic heterocycles. The fourth-order valence-electron chi connectivity index (χ4n) is 3.04. The predicted molar refractivity (Wildman–Crippen MR) is 117 cm³/mol. The summed E-state index contributed by atoms with van der Waals surface area (Å²) in [6, 6.07) is 15.2. The van der Waals surface area contributed by atoms with Gasteiger partial charge in [-0.3, -0.25) is 15.1 Å². The Balaban J connectivity index is 1.52. The quantitative estimate of drug-likeness (QED) is 0.446.